The fraction of sp³-hybridized carbons (Fsp3) is 0.658. The van der Waals surface area contributed by atoms with E-state index in [9.17, 15) is 9.90 Å². The van der Waals surface area contributed by atoms with Crippen LogP contribution in [0.25, 0.3) is 0 Å². The number of aliphatic hydroxyl groups excluding tert-OH is 1. The normalized spacial score (nSPS) is 30.2. The number of hydrogen-bond donors (Lipinski definition) is 1. The highest BCUT2D eigenvalue weighted by Crippen LogP contribution is 2.44. The number of carbonyl (C=O) groups excluding carboxylic acids is 1. The van der Waals surface area contributed by atoms with E-state index in [1.807, 2.05) is 42.5 Å². The fourth-order valence-corrected chi connectivity index (χ4v) is 7.92. The van der Waals surface area contributed by atoms with Crippen molar-refractivity contribution in [2.24, 2.45) is 0 Å². The minimum atomic E-state index is -2.30. The zero-order valence-corrected chi connectivity index (χ0v) is 31.2. The molecule has 9 atom stereocenters. The van der Waals surface area contributed by atoms with Gasteiger partial charge in [-0.15, -0.1) is 0 Å². The molecule has 3 saturated heterocycles. The second kappa shape index (κ2) is 16.8. The molecule has 2 aromatic rings. The molecular formula is C38H56O10Si. The number of methoxy groups -OCH3 is 1. The van der Waals surface area contributed by atoms with Crippen LogP contribution in [-0.2, 0) is 50.9 Å². The molecule has 0 radical (unpaired) electrons. The van der Waals surface area contributed by atoms with Gasteiger partial charge in [-0.2, -0.15) is 0 Å². The van der Waals surface area contributed by atoms with Gasteiger partial charge >= 0.3 is 5.97 Å². The fourth-order valence-electron chi connectivity index (χ4n) is 6.60. The van der Waals surface area contributed by atoms with Gasteiger partial charge in [0.1, 0.15) is 24.1 Å². The first-order valence-corrected chi connectivity index (χ1v) is 20.6. The lowest BCUT2D eigenvalue weighted by Crippen LogP contribution is -2.67. The predicted octanol–water partition coefficient (Wildman–Crippen LogP) is 5.97. The average molecular weight is 701 g/mol. The van der Waals surface area contributed by atoms with Crippen molar-refractivity contribution in [3.8, 4) is 5.75 Å². The van der Waals surface area contributed by atoms with Crippen molar-refractivity contribution < 1.29 is 47.5 Å². The van der Waals surface area contributed by atoms with Gasteiger partial charge in [-0.3, -0.25) is 4.79 Å². The molecular weight excluding hydrogens is 644 g/mol. The molecule has 2 aromatic carbocycles. The van der Waals surface area contributed by atoms with E-state index in [1.54, 1.807) is 14.0 Å². The number of ether oxygens (including phenoxy) is 7. The Morgan fingerprint density at radius 3 is 2.22 bits per heavy atom. The summed E-state index contributed by atoms with van der Waals surface area (Å²) in [7, 11) is -0.649. The lowest BCUT2D eigenvalue weighted by Gasteiger charge is -2.55. The summed E-state index contributed by atoms with van der Waals surface area (Å²) in [5.41, 5.74) is 2.12. The van der Waals surface area contributed by atoms with E-state index in [4.69, 9.17) is 37.6 Å². The Morgan fingerprint density at radius 1 is 0.878 bits per heavy atom. The molecule has 3 aliphatic heterocycles. The third kappa shape index (κ3) is 9.71. The van der Waals surface area contributed by atoms with Gasteiger partial charge in [-0.05, 0) is 54.7 Å². The molecule has 0 unspecified atom stereocenters. The van der Waals surface area contributed by atoms with Gasteiger partial charge in [0.25, 0.3) is 0 Å². The molecule has 3 heterocycles. The smallest absolute Gasteiger partial charge is 0.308 e. The molecule has 11 heteroatoms. The minimum Gasteiger partial charge on any atom is -0.497 e. The Labute approximate surface area is 292 Å². The maximum atomic E-state index is 12.3. The number of hydrogen-bond acceptors (Lipinski definition) is 10. The van der Waals surface area contributed by atoms with Crippen LogP contribution >= 0.6 is 0 Å². The maximum absolute atomic E-state index is 12.3. The average Bonchev–Trinajstić information content (AvgIpc) is 3.06. The molecule has 1 N–H and O–H groups in total. The largest absolute Gasteiger partial charge is 0.497 e. The quantitative estimate of drug-likeness (QED) is 0.144. The topological polar surface area (TPSA) is 111 Å². The number of fused-ring (bicyclic) bond motifs is 2. The van der Waals surface area contributed by atoms with Crippen LogP contribution in [0.4, 0.5) is 0 Å². The van der Waals surface area contributed by atoms with E-state index in [0.717, 1.165) is 16.9 Å². The maximum Gasteiger partial charge on any atom is 0.308 e. The Balaban J connectivity index is 1.37. The zero-order valence-electron chi connectivity index (χ0n) is 30.2. The van der Waals surface area contributed by atoms with Crippen LogP contribution < -0.4 is 4.74 Å². The first-order valence-electron chi connectivity index (χ1n) is 17.7. The van der Waals surface area contributed by atoms with Gasteiger partial charge in [-0.1, -0.05) is 63.2 Å². The molecule has 10 nitrogen and oxygen atoms in total. The highest BCUT2D eigenvalue weighted by molar-refractivity contribution is 6.74. The van der Waals surface area contributed by atoms with E-state index >= 15 is 0 Å². The van der Waals surface area contributed by atoms with Crippen molar-refractivity contribution >= 4 is 14.3 Å². The van der Waals surface area contributed by atoms with Crippen molar-refractivity contribution in [2.45, 2.75) is 140 Å². The highest BCUT2D eigenvalue weighted by atomic mass is 28.4. The van der Waals surface area contributed by atoms with Gasteiger partial charge in [-0.25, -0.2) is 0 Å². The first-order chi connectivity index (χ1) is 23.4. The number of carbonyl (C=O) groups is 1. The molecule has 0 bridgehead atoms. The second-order valence-corrected chi connectivity index (χ2v) is 19.7. The first kappa shape index (κ1) is 37.9. The summed E-state index contributed by atoms with van der Waals surface area (Å²) in [6.45, 7) is 14.6. The Hall–Kier alpha value is -2.35. The Morgan fingerprint density at radius 2 is 1.55 bits per heavy atom. The molecule has 0 aliphatic carbocycles. The Bertz CT molecular complexity index is 1320. The molecule has 0 spiro atoms. The summed E-state index contributed by atoms with van der Waals surface area (Å²) in [6, 6.07) is 18.0. The van der Waals surface area contributed by atoms with Crippen LogP contribution in [0.2, 0.25) is 18.1 Å². The van der Waals surface area contributed by atoms with Crippen molar-refractivity contribution in [1.29, 1.82) is 0 Å². The van der Waals surface area contributed by atoms with Crippen LogP contribution in [0.1, 0.15) is 64.5 Å². The monoisotopic (exact) mass is 700 g/mol. The van der Waals surface area contributed by atoms with E-state index in [-0.39, 0.29) is 48.5 Å². The van der Waals surface area contributed by atoms with E-state index < -0.39 is 38.8 Å². The number of aliphatic hydroxyl groups is 1. The van der Waals surface area contributed by atoms with E-state index in [0.29, 0.717) is 39.1 Å². The van der Waals surface area contributed by atoms with Crippen LogP contribution in [0.3, 0.4) is 0 Å². The van der Waals surface area contributed by atoms with Crippen LogP contribution in [0, 0.1) is 0 Å². The number of benzene rings is 2. The highest BCUT2D eigenvalue weighted by Gasteiger charge is 2.56. The van der Waals surface area contributed by atoms with Crippen molar-refractivity contribution in [2.75, 3.05) is 20.3 Å². The third-order valence-electron chi connectivity index (χ3n) is 10.4. The van der Waals surface area contributed by atoms with Crippen molar-refractivity contribution in [1.82, 2.24) is 0 Å². The molecule has 0 saturated carbocycles. The summed E-state index contributed by atoms with van der Waals surface area (Å²) in [4.78, 5) is 12.3. The molecule has 3 fully saturated rings. The van der Waals surface area contributed by atoms with Crippen LogP contribution in [0.15, 0.2) is 54.6 Å². The van der Waals surface area contributed by atoms with Gasteiger partial charge in [0.15, 0.2) is 8.32 Å². The molecule has 272 valence electrons. The number of esters is 1. The lowest BCUT2D eigenvalue weighted by atomic mass is 9.84. The summed E-state index contributed by atoms with van der Waals surface area (Å²) in [6.07, 6.45) is -2.69. The summed E-state index contributed by atoms with van der Waals surface area (Å²) >= 11 is 0. The lowest BCUT2D eigenvalue weighted by molar-refractivity contribution is -0.312. The van der Waals surface area contributed by atoms with Gasteiger partial charge in [0.05, 0.1) is 70.0 Å². The van der Waals surface area contributed by atoms with Crippen LogP contribution in [-0.4, -0.2) is 94.7 Å². The molecule has 0 amide bonds. The third-order valence-corrected chi connectivity index (χ3v) is 14.8. The standard InChI is InChI=1S/C38H56O10Si/c1-8-43-34(40)22-30-28(39)20-31-32(46-30)21-33-35(47-31)37(44-24-25-12-10-9-11-13-25)36(48-49(6,7)38(2,3)4)29(45-33)18-19-42-23-26-14-16-27(41-5)17-15-26/h9-17,28-33,35-37,39H,8,18-24H2,1-7H3/t28-,29-,30+,31+,32-,33+,35+,36-,37+/m0/s1. The van der Waals surface area contributed by atoms with Gasteiger partial charge in [0, 0.05) is 19.4 Å². The van der Waals surface area contributed by atoms with E-state index in [2.05, 4.69) is 46.0 Å². The van der Waals surface area contributed by atoms with E-state index in [1.165, 1.54) is 0 Å². The summed E-state index contributed by atoms with van der Waals surface area (Å²) in [5.74, 6) is 0.421. The predicted molar refractivity (Wildman–Crippen MR) is 187 cm³/mol. The van der Waals surface area contributed by atoms with Gasteiger partial charge in [0.2, 0.25) is 0 Å². The summed E-state index contributed by atoms with van der Waals surface area (Å²) < 4.78 is 50.7. The number of rotatable bonds is 14. The molecule has 3 aliphatic rings. The van der Waals surface area contributed by atoms with Crippen molar-refractivity contribution in [3.05, 3.63) is 65.7 Å². The SMILES string of the molecule is CCOC(=O)C[C@H]1O[C@H]2C[C@H]3O[C@@H](CCOCc4ccc(OC)cc4)[C@H](O[Si](C)(C)C(C)(C)C)[C@H](OCc4ccccc4)[C@@H]3O[C@@H]2C[C@@H]1O. The van der Waals surface area contributed by atoms with Crippen LogP contribution in [0.5, 0.6) is 5.75 Å². The second-order valence-electron chi connectivity index (χ2n) is 14.9. The van der Waals surface area contributed by atoms with Gasteiger partial charge < -0.3 is 42.7 Å². The summed E-state index contributed by atoms with van der Waals surface area (Å²) in [5, 5.41) is 10.9. The Kier molecular flexibility index (Phi) is 13.0. The minimum absolute atomic E-state index is 0.00736. The molecule has 5 rings (SSSR count). The van der Waals surface area contributed by atoms with Crippen molar-refractivity contribution in [3.63, 3.8) is 0 Å². The molecule has 49 heavy (non-hydrogen) atoms. The molecule has 0 aromatic heterocycles. The zero-order chi connectivity index (χ0) is 35.2.